The van der Waals surface area contributed by atoms with E-state index in [0.29, 0.717) is 6.54 Å². The molecule has 4 N–H and O–H groups in total. The molecule has 0 spiro atoms. The molecule has 18 heavy (non-hydrogen) atoms. The van der Waals surface area contributed by atoms with Crippen molar-refractivity contribution in [2.24, 2.45) is 5.41 Å². The third-order valence-electron chi connectivity index (χ3n) is 2.70. The molecule has 0 atom stereocenters. The van der Waals surface area contributed by atoms with Crippen molar-refractivity contribution in [1.29, 1.82) is 0 Å². The van der Waals surface area contributed by atoms with Gasteiger partial charge in [0, 0.05) is 23.4 Å². The van der Waals surface area contributed by atoms with Crippen LogP contribution in [0, 0.1) is 12.3 Å². The number of nitrogen functional groups attached to an aromatic ring is 1. The standard InChI is InChI=1S/C12H18N4OS/c1-7-4-8-9(14-5-12(2,3)6-17)15-11(13)16-10(8)18-7/h4,17H,5-6H2,1-3H3,(H3,13,14,15,16). The molecule has 2 heterocycles. The van der Waals surface area contributed by atoms with Crippen molar-refractivity contribution in [2.75, 3.05) is 24.2 Å². The molecule has 2 aromatic heterocycles. The molecule has 0 fully saturated rings. The Morgan fingerprint density at radius 1 is 1.44 bits per heavy atom. The number of rotatable bonds is 4. The van der Waals surface area contributed by atoms with E-state index < -0.39 is 0 Å². The van der Waals surface area contributed by atoms with Gasteiger partial charge in [-0.3, -0.25) is 0 Å². The highest BCUT2D eigenvalue weighted by atomic mass is 32.1. The Labute approximate surface area is 110 Å². The Kier molecular flexibility index (Phi) is 3.41. The summed E-state index contributed by atoms with van der Waals surface area (Å²) in [7, 11) is 0. The summed E-state index contributed by atoms with van der Waals surface area (Å²) < 4.78 is 0. The van der Waals surface area contributed by atoms with E-state index in [1.807, 2.05) is 26.8 Å². The monoisotopic (exact) mass is 266 g/mol. The predicted molar refractivity (Wildman–Crippen MR) is 75.9 cm³/mol. The maximum Gasteiger partial charge on any atom is 0.223 e. The van der Waals surface area contributed by atoms with Gasteiger partial charge in [-0.25, -0.2) is 4.98 Å². The van der Waals surface area contributed by atoms with Gasteiger partial charge in [-0.1, -0.05) is 13.8 Å². The molecule has 0 saturated heterocycles. The number of nitrogens with two attached hydrogens (primary N) is 1. The van der Waals surface area contributed by atoms with Crippen LogP contribution in [-0.4, -0.2) is 28.2 Å². The molecule has 0 aromatic carbocycles. The average Bonchev–Trinajstić information content (AvgIpc) is 2.66. The SMILES string of the molecule is Cc1cc2c(NCC(C)(C)CO)nc(N)nc2s1. The predicted octanol–water partition coefficient (Wildman–Crippen LogP) is 2.01. The van der Waals surface area contributed by atoms with Crippen molar-refractivity contribution in [3.8, 4) is 0 Å². The molecule has 0 bridgehead atoms. The largest absolute Gasteiger partial charge is 0.396 e. The molecule has 0 amide bonds. The van der Waals surface area contributed by atoms with Crippen molar-refractivity contribution in [2.45, 2.75) is 20.8 Å². The second kappa shape index (κ2) is 4.70. The van der Waals surface area contributed by atoms with Crippen LogP contribution in [0.25, 0.3) is 10.2 Å². The highest BCUT2D eigenvalue weighted by Gasteiger charge is 2.17. The third kappa shape index (κ3) is 2.70. The van der Waals surface area contributed by atoms with E-state index in [2.05, 4.69) is 15.3 Å². The van der Waals surface area contributed by atoms with Gasteiger partial charge in [0.05, 0.1) is 5.39 Å². The number of aromatic nitrogens is 2. The Bertz CT molecular complexity index is 564. The van der Waals surface area contributed by atoms with Crippen LogP contribution in [0.3, 0.4) is 0 Å². The van der Waals surface area contributed by atoms with Gasteiger partial charge in [0.15, 0.2) is 0 Å². The zero-order chi connectivity index (χ0) is 13.3. The highest BCUT2D eigenvalue weighted by Crippen LogP contribution is 2.29. The molecule has 0 aliphatic carbocycles. The van der Waals surface area contributed by atoms with E-state index in [1.54, 1.807) is 11.3 Å². The molecule has 98 valence electrons. The molecule has 0 saturated carbocycles. The van der Waals surface area contributed by atoms with Crippen LogP contribution < -0.4 is 11.1 Å². The molecule has 2 aromatic rings. The third-order valence-corrected chi connectivity index (χ3v) is 3.64. The molecular formula is C12H18N4OS. The summed E-state index contributed by atoms with van der Waals surface area (Å²) in [5.41, 5.74) is 5.50. The van der Waals surface area contributed by atoms with E-state index in [-0.39, 0.29) is 18.0 Å². The van der Waals surface area contributed by atoms with Gasteiger partial charge in [-0.15, -0.1) is 11.3 Å². The summed E-state index contributed by atoms with van der Waals surface area (Å²) in [6.07, 6.45) is 0. The first kappa shape index (κ1) is 13.0. The Morgan fingerprint density at radius 2 is 2.17 bits per heavy atom. The molecular weight excluding hydrogens is 248 g/mol. The molecule has 0 radical (unpaired) electrons. The zero-order valence-electron chi connectivity index (χ0n) is 10.8. The van der Waals surface area contributed by atoms with Crippen LogP contribution in [0.1, 0.15) is 18.7 Å². The first-order valence-corrected chi connectivity index (χ1v) is 6.61. The van der Waals surface area contributed by atoms with Crippen LogP contribution >= 0.6 is 11.3 Å². The van der Waals surface area contributed by atoms with E-state index in [4.69, 9.17) is 5.73 Å². The van der Waals surface area contributed by atoms with E-state index >= 15 is 0 Å². The number of fused-ring (bicyclic) bond motifs is 1. The molecule has 6 heteroatoms. The lowest BCUT2D eigenvalue weighted by molar-refractivity contribution is 0.171. The lowest BCUT2D eigenvalue weighted by Gasteiger charge is -2.22. The molecule has 0 aliphatic rings. The molecule has 0 aliphatic heterocycles. The summed E-state index contributed by atoms with van der Waals surface area (Å²) >= 11 is 1.60. The minimum atomic E-state index is -0.197. The Hall–Kier alpha value is -1.40. The fraction of sp³-hybridized carbons (Fsp3) is 0.500. The summed E-state index contributed by atoms with van der Waals surface area (Å²) in [6.45, 7) is 6.75. The maximum atomic E-state index is 9.25. The summed E-state index contributed by atoms with van der Waals surface area (Å²) in [5, 5.41) is 13.5. The quantitative estimate of drug-likeness (QED) is 0.788. The minimum absolute atomic E-state index is 0.117. The maximum absolute atomic E-state index is 9.25. The average molecular weight is 266 g/mol. The Balaban J connectivity index is 2.32. The molecule has 5 nitrogen and oxygen atoms in total. The van der Waals surface area contributed by atoms with Gasteiger partial charge >= 0.3 is 0 Å². The number of hydrogen-bond donors (Lipinski definition) is 3. The lowest BCUT2D eigenvalue weighted by atomic mass is 9.95. The summed E-state index contributed by atoms with van der Waals surface area (Å²) in [4.78, 5) is 10.5. The van der Waals surface area contributed by atoms with Gasteiger partial charge in [0.25, 0.3) is 0 Å². The van der Waals surface area contributed by atoms with Crippen molar-refractivity contribution in [3.05, 3.63) is 10.9 Å². The zero-order valence-corrected chi connectivity index (χ0v) is 11.6. The number of nitrogens with one attached hydrogen (secondary N) is 1. The van der Waals surface area contributed by atoms with Crippen molar-refractivity contribution < 1.29 is 5.11 Å². The summed E-state index contributed by atoms with van der Waals surface area (Å²) in [5.74, 6) is 1.01. The second-order valence-electron chi connectivity index (χ2n) is 5.18. The van der Waals surface area contributed by atoms with Crippen molar-refractivity contribution in [3.63, 3.8) is 0 Å². The van der Waals surface area contributed by atoms with Crippen LogP contribution in [0.5, 0.6) is 0 Å². The van der Waals surface area contributed by atoms with E-state index in [1.165, 1.54) is 4.88 Å². The number of aliphatic hydroxyl groups is 1. The fourth-order valence-corrected chi connectivity index (χ4v) is 2.46. The molecule has 0 unspecified atom stereocenters. The smallest absolute Gasteiger partial charge is 0.223 e. The number of thiophene rings is 1. The van der Waals surface area contributed by atoms with Gasteiger partial charge in [-0.05, 0) is 13.0 Å². The van der Waals surface area contributed by atoms with Gasteiger partial charge in [0.2, 0.25) is 5.95 Å². The van der Waals surface area contributed by atoms with Gasteiger partial charge < -0.3 is 16.2 Å². The van der Waals surface area contributed by atoms with E-state index in [0.717, 1.165) is 16.0 Å². The van der Waals surface area contributed by atoms with Crippen LogP contribution in [0.2, 0.25) is 0 Å². The normalized spacial score (nSPS) is 12.0. The number of aliphatic hydroxyl groups excluding tert-OH is 1. The Morgan fingerprint density at radius 3 is 2.83 bits per heavy atom. The number of anilines is 2. The number of hydrogen-bond acceptors (Lipinski definition) is 6. The first-order valence-electron chi connectivity index (χ1n) is 5.80. The number of nitrogens with zero attached hydrogens (tertiary/aromatic N) is 2. The lowest BCUT2D eigenvalue weighted by Crippen LogP contribution is -2.27. The van der Waals surface area contributed by atoms with Crippen molar-refractivity contribution in [1.82, 2.24) is 9.97 Å². The van der Waals surface area contributed by atoms with E-state index in [9.17, 15) is 5.11 Å². The van der Waals surface area contributed by atoms with Crippen molar-refractivity contribution >= 4 is 33.3 Å². The minimum Gasteiger partial charge on any atom is -0.396 e. The van der Waals surface area contributed by atoms with Crippen LogP contribution in [0.15, 0.2) is 6.07 Å². The topological polar surface area (TPSA) is 84.1 Å². The van der Waals surface area contributed by atoms with Gasteiger partial charge in [-0.2, -0.15) is 4.98 Å². The van der Waals surface area contributed by atoms with Crippen LogP contribution in [-0.2, 0) is 0 Å². The summed E-state index contributed by atoms with van der Waals surface area (Å²) in [6, 6.07) is 2.05. The van der Waals surface area contributed by atoms with Gasteiger partial charge in [0.1, 0.15) is 10.6 Å². The number of aryl methyl sites for hydroxylation is 1. The first-order chi connectivity index (χ1) is 8.41. The second-order valence-corrected chi connectivity index (χ2v) is 6.42. The molecule has 2 rings (SSSR count). The van der Waals surface area contributed by atoms with Crippen LogP contribution in [0.4, 0.5) is 11.8 Å². The fourth-order valence-electron chi connectivity index (χ4n) is 1.57. The highest BCUT2D eigenvalue weighted by molar-refractivity contribution is 7.18.